The largest absolute Gasteiger partial charge is 0.480 e. The smallest absolute Gasteiger partial charge is 0.326 e. The first-order valence-corrected chi connectivity index (χ1v) is 13.6. The van der Waals surface area contributed by atoms with Crippen LogP contribution in [-0.4, -0.2) is 77.0 Å². The summed E-state index contributed by atoms with van der Waals surface area (Å²) in [5.41, 5.74) is 5.95. The number of hydrogen-bond donors (Lipinski definition) is 5. The predicted molar refractivity (Wildman–Crippen MR) is 132 cm³/mol. The van der Waals surface area contributed by atoms with E-state index in [2.05, 4.69) is 16.0 Å². The van der Waals surface area contributed by atoms with Gasteiger partial charge in [0.1, 0.15) is 18.1 Å². The Balaban J connectivity index is 5.39. The van der Waals surface area contributed by atoms with E-state index in [0.717, 1.165) is 0 Å². The Labute approximate surface area is 200 Å². The van der Waals surface area contributed by atoms with Gasteiger partial charge in [-0.15, -0.1) is 0 Å². The summed E-state index contributed by atoms with van der Waals surface area (Å²) in [4.78, 5) is 49.7. The number of rotatable bonds is 16. The van der Waals surface area contributed by atoms with E-state index in [0.29, 0.717) is 30.8 Å². The van der Waals surface area contributed by atoms with E-state index in [-0.39, 0.29) is 11.8 Å². The summed E-state index contributed by atoms with van der Waals surface area (Å²) >= 11 is 3.05. The summed E-state index contributed by atoms with van der Waals surface area (Å²) in [7, 11) is 0. The van der Waals surface area contributed by atoms with Gasteiger partial charge in [-0.2, -0.15) is 23.5 Å². The van der Waals surface area contributed by atoms with Crippen LogP contribution in [0.5, 0.6) is 0 Å². The molecule has 0 aliphatic carbocycles. The number of carboxylic acid groups (broad SMARTS) is 1. The number of thioether (sulfide) groups is 2. The number of hydrogen-bond acceptors (Lipinski definition) is 7. The lowest BCUT2D eigenvalue weighted by Gasteiger charge is -2.26. The molecule has 0 aliphatic heterocycles. The summed E-state index contributed by atoms with van der Waals surface area (Å²) in [6.45, 7) is 7.31. The van der Waals surface area contributed by atoms with Crippen molar-refractivity contribution in [3.63, 3.8) is 0 Å². The second-order valence-corrected chi connectivity index (χ2v) is 10.5. The molecule has 0 radical (unpaired) electrons. The van der Waals surface area contributed by atoms with Crippen molar-refractivity contribution in [1.82, 2.24) is 16.0 Å². The van der Waals surface area contributed by atoms with Crippen molar-refractivity contribution in [3.05, 3.63) is 0 Å². The van der Waals surface area contributed by atoms with Crippen molar-refractivity contribution in [2.75, 3.05) is 24.0 Å². The Morgan fingerprint density at radius 1 is 0.812 bits per heavy atom. The number of aliphatic carboxylic acids is 1. The molecule has 0 bridgehead atoms. The fourth-order valence-corrected chi connectivity index (χ4v) is 3.89. The maximum Gasteiger partial charge on any atom is 0.326 e. The minimum absolute atomic E-state index is 0.233. The highest BCUT2D eigenvalue weighted by molar-refractivity contribution is 7.98. The molecular formula is C21H40N4O5S2. The Bertz CT molecular complexity index is 619. The Hall–Kier alpha value is -1.46. The maximum absolute atomic E-state index is 13.0. The predicted octanol–water partition coefficient (Wildman–Crippen LogP) is 1.06. The van der Waals surface area contributed by atoms with Crippen LogP contribution < -0.4 is 21.7 Å². The van der Waals surface area contributed by atoms with E-state index in [1.807, 2.05) is 26.4 Å². The lowest BCUT2D eigenvalue weighted by molar-refractivity contribution is -0.143. The number of carbonyl (C=O) groups is 4. The van der Waals surface area contributed by atoms with Gasteiger partial charge in [-0.1, -0.05) is 27.7 Å². The first-order chi connectivity index (χ1) is 14.9. The van der Waals surface area contributed by atoms with E-state index in [1.165, 1.54) is 23.5 Å². The highest BCUT2D eigenvalue weighted by Gasteiger charge is 2.31. The zero-order valence-electron chi connectivity index (χ0n) is 20.0. The van der Waals surface area contributed by atoms with E-state index in [9.17, 15) is 24.3 Å². The molecule has 9 nitrogen and oxygen atoms in total. The average Bonchev–Trinajstić information content (AvgIpc) is 2.70. The van der Waals surface area contributed by atoms with E-state index >= 15 is 0 Å². The van der Waals surface area contributed by atoms with Crippen molar-refractivity contribution in [2.24, 2.45) is 17.6 Å². The molecule has 0 aromatic heterocycles. The van der Waals surface area contributed by atoms with Crippen LogP contribution in [0, 0.1) is 11.8 Å². The molecule has 0 fully saturated rings. The van der Waals surface area contributed by atoms with Crippen LogP contribution >= 0.6 is 23.5 Å². The first kappa shape index (κ1) is 30.5. The van der Waals surface area contributed by atoms with Crippen molar-refractivity contribution >= 4 is 47.2 Å². The van der Waals surface area contributed by atoms with Crippen LogP contribution in [0.2, 0.25) is 0 Å². The third-order valence-corrected chi connectivity index (χ3v) is 6.07. The van der Waals surface area contributed by atoms with E-state index in [1.54, 1.807) is 13.8 Å². The SMILES string of the molecule is CSCCC(NC(=O)C(N)CC(C)C)C(=O)NC(CCSC)C(=O)NC(C(=O)O)C(C)C. The maximum atomic E-state index is 13.0. The number of carboxylic acids is 1. The van der Waals surface area contributed by atoms with Crippen molar-refractivity contribution in [1.29, 1.82) is 0 Å². The van der Waals surface area contributed by atoms with Crippen molar-refractivity contribution in [3.8, 4) is 0 Å². The van der Waals surface area contributed by atoms with Gasteiger partial charge in [0.25, 0.3) is 0 Å². The van der Waals surface area contributed by atoms with Crippen LogP contribution in [0.4, 0.5) is 0 Å². The van der Waals surface area contributed by atoms with Crippen LogP contribution in [0.3, 0.4) is 0 Å². The lowest BCUT2D eigenvalue weighted by Crippen LogP contribution is -2.57. The second-order valence-electron chi connectivity index (χ2n) is 8.49. The fraction of sp³-hybridized carbons (Fsp3) is 0.810. The highest BCUT2D eigenvalue weighted by Crippen LogP contribution is 2.09. The summed E-state index contributed by atoms with van der Waals surface area (Å²) in [6.07, 6.45) is 4.98. The molecule has 0 saturated carbocycles. The normalized spacial score (nSPS) is 15.0. The molecule has 0 aromatic carbocycles. The molecule has 0 saturated heterocycles. The number of amides is 3. The van der Waals surface area contributed by atoms with Gasteiger partial charge < -0.3 is 26.8 Å². The van der Waals surface area contributed by atoms with Crippen LogP contribution in [0.1, 0.15) is 47.0 Å². The standard InChI is InChI=1S/C21H40N4O5S2/c1-12(2)11-14(22)18(26)23-15(7-9-31-5)19(27)24-16(8-10-32-6)20(28)25-17(13(3)4)21(29)30/h12-17H,7-11,22H2,1-6H3,(H,23,26)(H,24,27)(H,25,28)(H,29,30). The molecule has 0 spiro atoms. The van der Waals surface area contributed by atoms with Gasteiger partial charge in [-0.25, -0.2) is 4.79 Å². The van der Waals surface area contributed by atoms with E-state index in [4.69, 9.17) is 5.73 Å². The van der Waals surface area contributed by atoms with Gasteiger partial charge >= 0.3 is 5.97 Å². The van der Waals surface area contributed by atoms with Gasteiger partial charge in [-0.3, -0.25) is 14.4 Å². The third-order valence-electron chi connectivity index (χ3n) is 4.78. The number of nitrogens with one attached hydrogen (secondary N) is 3. The van der Waals surface area contributed by atoms with Gasteiger partial charge in [0, 0.05) is 0 Å². The molecule has 0 rings (SSSR count). The lowest BCUT2D eigenvalue weighted by atomic mass is 10.0. The molecule has 11 heteroatoms. The Morgan fingerprint density at radius 2 is 1.25 bits per heavy atom. The molecule has 4 unspecified atom stereocenters. The molecular weight excluding hydrogens is 452 g/mol. The van der Waals surface area contributed by atoms with Gasteiger partial charge in [-0.05, 0) is 55.1 Å². The average molecular weight is 493 g/mol. The first-order valence-electron chi connectivity index (χ1n) is 10.8. The summed E-state index contributed by atoms with van der Waals surface area (Å²) < 4.78 is 0. The Kier molecular flexibility index (Phi) is 15.5. The minimum Gasteiger partial charge on any atom is -0.480 e. The quantitative estimate of drug-likeness (QED) is 0.215. The Morgan fingerprint density at radius 3 is 1.62 bits per heavy atom. The molecule has 0 aliphatic rings. The van der Waals surface area contributed by atoms with Crippen molar-refractivity contribution < 1.29 is 24.3 Å². The van der Waals surface area contributed by atoms with Crippen molar-refractivity contribution in [2.45, 2.75) is 71.1 Å². The van der Waals surface area contributed by atoms with Gasteiger partial charge in [0.2, 0.25) is 17.7 Å². The molecule has 0 aromatic rings. The summed E-state index contributed by atoms with van der Waals surface area (Å²) in [5.74, 6) is -1.43. The number of nitrogens with two attached hydrogens (primary N) is 1. The molecule has 186 valence electrons. The monoisotopic (exact) mass is 492 g/mol. The fourth-order valence-electron chi connectivity index (χ4n) is 2.94. The molecule has 4 atom stereocenters. The molecule has 0 heterocycles. The topological polar surface area (TPSA) is 151 Å². The molecule has 32 heavy (non-hydrogen) atoms. The zero-order valence-corrected chi connectivity index (χ0v) is 21.6. The van der Waals surface area contributed by atoms with Crippen LogP contribution in [0.25, 0.3) is 0 Å². The van der Waals surface area contributed by atoms with Crippen LogP contribution in [0.15, 0.2) is 0 Å². The zero-order chi connectivity index (χ0) is 24.8. The summed E-state index contributed by atoms with van der Waals surface area (Å²) in [5, 5.41) is 17.3. The van der Waals surface area contributed by atoms with Crippen LogP contribution in [-0.2, 0) is 19.2 Å². The molecule has 3 amide bonds. The van der Waals surface area contributed by atoms with E-state index < -0.39 is 47.9 Å². The minimum atomic E-state index is -1.13. The second kappa shape index (κ2) is 16.2. The third kappa shape index (κ3) is 12.0. The molecule has 6 N–H and O–H groups in total. The van der Waals surface area contributed by atoms with Gasteiger partial charge in [0.15, 0.2) is 0 Å². The van der Waals surface area contributed by atoms with Gasteiger partial charge in [0.05, 0.1) is 6.04 Å². The highest BCUT2D eigenvalue weighted by atomic mass is 32.2. The number of carbonyl (C=O) groups excluding carboxylic acids is 3. The summed E-state index contributed by atoms with van der Waals surface area (Å²) in [6, 6.07) is -3.53.